The molecule has 0 atom stereocenters. The third kappa shape index (κ3) is 5.70. The number of rotatable bonds is 6. The molecule has 0 amide bonds. The summed E-state index contributed by atoms with van der Waals surface area (Å²) in [5.41, 5.74) is 2.92. The van der Waals surface area contributed by atoms with Crippen LogP contribution in [-0.2, 0) is 12.8 Å². The lowest BCUT2D eigenvalue weighted by molar-refractivity contribution is 0.606. The Balaban J connectivity index is 1.71. The predicted molar refractivity (Wildman–Crippen MR) is 92.1 cm³/mol. The molecule has 2 rings (SSSR count). The maximum Gasteiger partial charge on any atom is 0.190 e. The van der Waals surface area contributed by atoms with Gasteiger partial charge in [0, 0.05) is 32.0 Å². The van der Waals surface area contributed by atoms with E-state index < -0.39 is 0 Å². The van der Waals surface area contributed by atoms with Gasteiger partial charge in [0.25, 0.3) is 0 Å². The van der Waals surface area contributed by atoms with Crippen LogP contribution in [0.5, 0.6) is 0 Å². The number of hydrogen-bond donors (Lipinski definition) is 2. The Morgan fingerprint density at radius 2 is 1.83 bits per heavy atom. The average Bonchev–Trinajstić information content (AvgIpc) is 2.57. The fraction of sp³-hybridized carbons (Fsp3) is 0.333. The second-order valence-corrected chi connectivity index (χ2v) is 5.33. The Hall–Kier alpha value is -2.43. The fourth-order valence-electron chi connectivity index (χ4n) is 2.21. The normalized spacial score (nSPS) is 11.3. The van der Waals surface area contributed by atoms with Gasteiger partial charge in [-0.3, -0.25) is 9.98 Å². The molecule has 4 nitrogen and oxygen atoms in total. The second-order valence-electron chi connectivity index (χ2n) is 5.33. The Kier molecular flexibility index (Phi) is 6.54. The third-order valence-corrected chi connectivity index (χ3v) is 3.55. The first-order valence-electron chi connectivity index (χ1n) is 7.78. The number of hydrogen-bond acceptors (Lipinski definition) is 2. The van der Waals surface area contributed by atoms with Crippen molar-refractivity contribution < 1.29 is 4.39 Å². The molecule has 0 fully saturated rings. The van der Waals surface area contributed by atoms with Crippen molar-refractivity contribution in [2.45, 2.75) is 19.8 Å². The number of guanidine groups is 1. The lowest BCUT2D eigenvalue weighted by atomic mass is 10.1. The van der Waals surface area contributed by atoms with E-state index in [1.54, 1.807) is 19.2 Å². The van der Waals surface area contributed by atoms with E-state index in [4.69, 9.17) is 0 Å². The van der Waals surface area contributed by atoms with Crippen LogP contribution in [0, 0.1) is 12.7 Å². The maximum atomic E-state index is 13.5. The van der Waals surface area contributed by atoms with Gasteiger partial charge in [0.15, 0.2) is 5.96 Å². The SMILES string of the molecule is CN=C(NCCc1ccc(C)nc1)NCCc1ccccc1F. The highest BCUT2D eigenvalue weighted by Gasteiger charge is 2.02. The van der Waals surface area contributed by atoms with Crippen LogP contribution in [0.4, 0.5) is 4.39 Å². The lowest BCUT2D eigenvalue weighted by Gasteiger charge is -2.12. The van der Waals surface area contributed by atoms with Gasteiger partial charge in [-0.25, -0.2) is 4.39 Å². The molecule has 0 saturated heterocycles. The number of pyridine rings is 1. The van der Waals surface area contributed by atoms with E-state index in [0.717, 1.165) is 24.6 Å². The predicted octanol–water partition coefficient (Wildman–Crippen LogP) is 2.48. The monoisotopic (exact) mass is 314 g/mol. The first-order valence-corrected chi connectivity index (χ1v) is 7.78. The number of halogens is 1. The van der Waals surface area contributed by atoms with Gasteiger partial charge in [0.1, 0.15) is 5.82 Å². The first-order chi connectivity index (χ1) is 11.2. The van der Waals surface area contributed by atoms with Gasteiger partial charge in [0.2, 0.25) is 0 Å². The molecule has 5 heteroatoms. The molecule has 0 aliphatic carbocycles. The zero-order chi connectivity index (χ0) is 16.5. The first kappa shape index (κ1) is 16.9. The van der Waals surface area contributed by atoms with Crippen molar-refractivity contribution in [3.05, 3.63) is 65.2 Å². The van der Waals surface area contributed by atoms with Gasteiger partial charge in [-0.15, -0.1) is 0 Å². The van der Waals surface area contributed by atoms with E-state index in [9.17, 15) is 4.39 Å². The number of aliphatic imine (C=N–C) groups is 1. The van der Waals surface area contributed by atoms with Crippen molar-refractivity contribution in [3.63, 3.8) is 0 Å². The summed E-state index contributed by atoms with van der Waals surface area (Å²) in [6, 6.07) is 10.9. The van der Waals surface area contributed by atoms with E-state index >= 15 is 0 Å². The maximum absolute atomic E-state index is 13.5. The van der Waals surface area contributed by atoms with Gasteiger partial charge >= 0.3 is 0 Å². The van der Waals surface area contributed by atoms with Crippen molar-refractivity contribution in [2.75, 3.05) is 20.1 Å². The molecule has 0 spiro atoms. The topological polar surface area (TPSA) is 49.3 Å². The van der Waals surface area contributed by atoms with Crippen molar-refractivity contribution in [3.8, 4) is 0 Å². The molecular formula is C18H23FN4. The molecule has 23 heavy (non-hydrogen) atoms. The number of aryl methyl sites for hydroxylation is 1. The van der Waals surface area contributed by atoms with Crippen LogP contribution in [-0.4, -0.2) is 31.1 Å². The fourth-order valence-corrected chi connectivity index (χ4v) is 2.21. The summed E-state index contributed by atoms with van der Waals surface area (Å²) in [5.74, 6) is 0.561. The Morgan fingerprint density at radius 1 is 1.09 bits per heavy atom. The summed E-state index contributed by atoms with van der Waals surface area (Å²) in [6.07, 6.45) is 3.39. The summed E-state index contributed by atoms with van der Waals surface area (Å²) >= 11 is 0. The van der Waals surface area contributed by atoms with Crippen LogP contribution in [0.1, 0.15) is 16.8 Å². The summed E-state index contributed by atoms with van der Waals surface area (Å²) in [6.45, 7) is 3.38. The Labute approximate surface area is 136 Å². The molecule has 0 unspecified atom stereocenters. The van der Waals surface area contributed by atoms with Gasteiger partial charge in [0.05, 0.1) is 0 Å². The Morgan fingerprint density at radius 3 is 2.48 bits per heavy atom. The molecule has 0 aliphatic rings. The minimum Gasteiger partial charge on any atom is -0.356 e. The van der Waals surface area contributed by atoms with Crippen molar-refractivity contribution in [1.29, 1.82) is 0 Å². The smallest absolute Gasteiger partial charge is 0.190 e. The molecule has 1 aromatic carbocycles. The summed E-state index contributed by atoms with van der Waals surface area (Å²) < 4.78 is 13.5. The van der Waals surface area contributed by atoms with Crippen LogP contribution in [0.2, 0.25) is 0 Å². The van der Waals surface area contributed by atoms with E-state index in [1.165, 1.54) is 11.6 Å². The number of aromatic nitrogens is 1. The lowest BCUT2D eigenvalue weighted by Crippen LogP contribution is -2.39. The molecule has 0 radical (unpaired) electrons. The van der Waals surface area contributed by atoms with Crippen LogP contribution < -0.4 is 10.6 Å². The van der Waals surface area contributed by atoms with Crippen LogP contribution in [0.25, 0.3) is 0 Å². The van der Waals surface area contributed by atoms with E-state index in [-0.39, 0.29) is 5.82 Å². The van der Waals surface area contributed by atoms with Crippen LogP contribution >= 0.6 is 0 Å². The van der Waals surface area contributed by atoms with Gasteiger partial charge in [-0.2, -0.15) is 0 Å². The summed E-state index contributed by atoms with van der Waals surface area (Å²) in [4.78, 5) is 8.45. The minimum absolute atomic E-state index is 0.163. The zero-order valence-electron chi connectivity index (χ0n) is 13.6. The van der Waals surface area contributed by atoms with Crippen LogP contribution in [0.3, 0.4) is 0 Å². The number of nitrogens with zero attached hydrogens (tertiary/aromatic N) is 2. The summed E-state index contributed by atoms with van der Waals surface area (Å²) in [5, 5.41) is 6.45. The highest BCUT2D eigenvalue weighted by atomic mass is 19.1. The molecule has 1 heterocycles. The molecule has 122 valence electrons. The Bertz CT molecular complexity index is 638. The minimum atomic E-state index is -0.163. The van der Waals surface area contributed by atoms with E-state index in [1.807, 2.05) is 25.3 Å². The largest absolute Gasteiger partial charge is 0.356 e. The van der Waals surface area contributed by atoms with E-state index in [2.05, 4.69) is 26.7 Å². The highest BCUT2D eigenvalue weighted by molar-refractivity contribution is 5.79. The third-order valence-electron chi connectivity index (χ3n) is 3.55. The standard InChI is InChI=1S/C18H23FN4/c1-14-7-8-15(13-23-14)9-11-21-18(20-2)22-12-10-16-5-3-4-6-17(16)19/h3-8,13H,9-12H2,1-2H3,(H2,20,21,22). The molecule has 0 aliphatic heterocycles. The molecule has 2 N–H and O–H groups in total. The second kappa shape index (κ2) is 8.88. The summed E-state index contributed by atoms with van der Waals surface area (Å²) in [7, 11) is 1.73. The van der Waals surface area contributed by atoms with Gasteiger partial charge < -0.3 is 10.6 Å². The van der Waals surface area contributed by atoms with Gasteiger partial charge in [-0.1, -0.05) is 24.3 Å². The number of nitrogens with one attached hydrogen (secondary N) is 2. The molecule has 0 bridgehead atoms. The molecule has 2 aromatic rings. The molecule has 0 saturated carbocycles. The van der Waals surface area contributed by atoms with Crippen molar-refractivity contribution in [2.24, 2.45) is 4.99 Å². The molecule has 1 aromatic heterocycles. The van der Waals surface area contributed by atoms with E-state index in [0.29, 0.717) is 18.5 Å². The van der Waals surface area contributed by atoms with Crippen LogP contribution in [0.15, 0.2) is 47.6 Å². The zero-order valence-corrected chi connectivity index (χ0v) is 13.6. The number of benzene rings is 1. The highest BCUT2D eigenvalue weighted by Crippen LogP contribution is 2.06. The molecular weight excluding hydrogens is 291 g/mol. The average molecular weight is 314 g/mol. The van der Waals surface area contributed by atoms with Crippen molar-refractivity contribution >= 4 is 5.96 Å². The van der Waals surface area contributed by atoms with Crippen molar-refractivity contribution in [1.82, 2.24) is 15.6 Å². The quantitative estimate of drug-likeness (QED) is 0.636. The van der Waals surface area contributed by atoms with Gasteiger partial charge in [-0.05, 0) is 43.0 Å².